The lowest BCUT2D eigenvalue weighted by atomic mass is 10.0. The maximum atomic E-state index is 13.1. The molecule has 0 radical (unpaired) electrons. The smallest absolute Gasteiger partial charge is 0.239 e. The molecule has 2 heterocycles. The summed E-state index contributed by atoms with van der Waals surface area (Å²) in [5.41, 5.74) is 2.48. The number of benzene rings is 1. The summed E-state index contributed by atoms with van der Waals surface area (Å²) in [6.07, 6.45) is 3.61. The number of thiophene rings is 1. The van der Waals surface area contributed by atoms with Gasteiger partial charge in [0.2, 0.25) is 5.70 Å². The number of hydrogen-bond acceptors (Lipinski definition) is 3. The first-order valence-corrected chi connectivity index (χ1v) is 10.1. The van der Waals surface area contributed by atoms with Crippen molar-refractivity contribution in [3.05, 3.63) is 81.8 Å². The van der Waals surface area contributed by atoms with Gasteiger partial charge in [-0.3, -0.25) is 0 Å². The van der Waals surface area contributed by atoms with Gasteiger partial charge >= 0.3 is 0 Å². The third-order valence-corrected chi connectivity index (χ3v) is 5.56. The second-order valence-corrected chi connectivity index (χ2v) is 8.42. The van der Waals surface area contributed by atoms with Crippen molar-refractivity contribution in [1.82, 2.24) is 0 Å². The number of hydrogen-bond donors (Lipinski definition) is 1. The number of anilines is 1. The number of aromatic nitrogens is 1. The summed E-state index contributed by atoms with van der Waals surface area (Å²) in [5, 5.41) is 16.3. The molecule has 6 heteroatoms. The maximum Gasteiger partial charge on any atom is 0.239 e. The Bertz CT molecular complexity index is 963. The number of halogens is 1. The monoisotopic (exact) mass is 414 g/mol. The molecular formula is C21H19ClN2OS2. The minimum Gasteiger partial charge on any atom is -0.867 e. The first kappa shape index (κ1) is 19.5. The Kier molecular flexibility index (Phi) is 6.26. The van der Waals surface area contributed by atoms with Gasteiger partial charge < -0.3 is 10.4 Å². The van der Waals surface area contributed by atoms with E-state index >= 15 is 0 Å². The minimum atomic E-state index is -0.167. The van der Waals surface area contributed by atoms with Crippen LogP contribution in [-0.4, -0.2) is 4.99 Å². The SMILES string of the molecule is CC(C)c1ccc(NC(=S)C(=C([O-])c2ccc(Cl)s2)[n+]2ccccc2)cc1. The molecule has 27 heavy (non-hydrogen) atoms. The lowest BCUT2D eigenvalue weighted by Gasteiger charge is -2.15. The fourth-order valence-electron chi connectivity index (χ4n) is 2.58. The largest absolute Gasteiger partial charge is 0.867 e. The van der Waals surface area contributed by atoms with Crippen LogP contribution in [0.25, 0.3) is 11.5 Å². The van der Waals surface area contributed by atoms with Crippen LogP contribution in [0, 0.1) is 0 Å². The average molecular weight is 415 g/mol. The number of rotatable bonds is 5. The minimum absolute atomic E-state index is 0.167. The van der Waals surface area contributed by atoms with Crippen molar-refractivity contribution in [1.29, 1.82) is 0 Å². The highest BCUT2D eigenvalue weighted by atomic mass is 35.5. The van der Waals surface area contributed by atoms with E-state index in [9.17, 15) is 5.11 Å². The summed E-state index contributed by atoms with van der Waals surface area (Å²) < 4.78 is 2.30. The Morgan fingerprint density at radius 3 is 2.30 bits per heavy atom. The predicted octanol–water partition coefficient (Wildman–Crippen LogP) is 4.94. The molecule has 138 valence electrons. The summed E-state index contributed by atoms with van der Waals surface area (Å²) >= 11 is 12.8. The topological polar surface area (TPSA) is 39.0 Å². The van der Waals surface area contributed by atoms with Crippen LogP contribution < -0.4 is 15.0 Å². The van der Waals surface area contributed by atoms with Crippen LogP contribution in [0.1, 0.15) is 30.2 Å². The molecule has 0 aliphatic rings. The summed E-state index contributed by atoms with van der Waals surface area (Å²) in [5.74, 6) is 0.289. The van der Waals surface area contributed by atoms with Crippen LogP contribution in [0.3, 0.4) is 0 Å². The number of thiocarbonyl (C=S) groups is 1. The third-order valence-electron chi connectivity index (χ3n) is 4.04. The standard InChI is InChI=1S/C21H19ClN2OS2/c1-14(2)15-6-8-16(9-7-15)23-21(26)19(24-12-4-3-5-13-24)20(25)17-10-11-18(22)27-17/h3-14H,1-2H3,(H-,23,25,26). The van der Waals surface area contributed by atoms with Gasteiger partial charge in [-0.25, -0.2) is 0 Å². The van der Waals surface area contributed by atoms with Gasteiger partial charge in [0.1, 0.15) is 0 Å². The maximum absolute atomic E-state index is 13.1. The number of nitrogens with zero attached hydrogens (tertiary/aromatic N) is 1. The summed E-state index contributed by atoms with van der Waals surface area (Å²) in [7, 11) is 0. The van der Waals surface area contributed by atoms with Crippen molar-refractivity contribution < 1.29 is 9.67 Å². The van der Waals surface area contributed by atoms with E-state index in [1.807, 2.05) is 30.3 Å². The molecule has 0 spiro atoms. The van der Waals surface area contributed by atoms with Crippen LogP contribution >= 0.6 is 35.2 Å². The van der Waals surface area contributed by atoms with E-state index in [-0.39, 0.29) is 5.76 Å². The highest BCUT2D eigenvalue weighted by molar-refractivity contribution is 7.81. The van der Waals surface area contributed by atoms with Crippen molar-refractivity contribution in [2.24, 2.45) is 0 Å². The molecule has 1 aromatic carbocycles. The van der Waals surface area contributed by atoms with Crippen LogP contribution in [0.2, 0.25) is 4.34 Å². The molecular weight excluding hydrogens is 396 g/mol. The van der Waals surface area contributed by atoms with E-state index in [1.165, 1.54) is 16.9 Å². The lowest BCUT2D eigenvalue weighted by Crippen LogP contribution is -2.39. The zero-order chi connectivity index (χ0) is 19.4. The Hall–Kier alpha value is -2.21. The summed E-state index contributed by atoms with van der Waals surface area (Å²) in [4.78, 5) is 0.906. The Balaban J connectivity index is 1.96. The molecule has 0 bridgehead atoms. The zero-order valence-corrected chi connectivity index (χ0v) is 17.4. The molecule has 2 aromatic heterocycles. The van der Waals surface area contributed by atoms with Crippen molar-refractivity contribution >= 4 is 57.3 Å². The molecule has 0 atom stereocenters. The van der Waals surface area contributed by atoms with Gasteiger partial charge in [0.05, 0.1) is 4.34 Å². The molecule has 0 aliphatic carbocycles. The van der Waals surface area contributed by atoms with Crippen molar-refractivity contribution in [3.63, 3.8) is 0 Å². The molecule has 0 aliphatic heterocycles. The van der Waals surface area contributed by atoms with Gasteiger partial charge in [-0.2, -0.15) is 4.57 Å². The summed E-state index contributed by atoms with van der Waals surface area (Å²) in [6, 6.07) is 17.1. The van der Waals surface area contributed by atoms with Gasteiger partial charge in [-0.05, 0) is 41.5 Å². The van der Waals surface area contributed by atoms with E-state index < -0.39 is 0 Å². The van der Waals surface area contributed by atoms with E-state index in [0.717, 1.165) is 5.69 Å². The first-order chi connectivity index (χ1) is 13.0. The molecule has 0 unspecified atom stereocenters. The van der Waals surface area contributed by atoms with Crippen molar-refractivity contribution in [2.45, 2.75) is 19.8 Å². The predicted molar refractivity (Wildman–Crippen MR) is 116 cm³/mol. The molecule has 0 saturated heterocycles. The molecule has 0 fully saturated rings. The van der Waals surface area contributed by atoms with E-state index in [1.54, 1.807) is 29.1 Å². The van der Waals surface area contributed by atoms with Crippen LogP contribution in [0.5, 0.6) is 0 Å². The number of pyridine rings is 1. The Labute approximate surface area is 173 Å². The first-order valence-electron chi connectivity index (χ1n) is 8.50. The van der Waals surface area contributed by atoms with E-state index in [4.69, 9.17) is 23.8 Å². The van der Waals surface area contributed by atoms with Crippen molar-refractivity contribution in [3.8, 4) is 0 Å². The molecule has 1 N–H and O–H groups in total. The van der Waals surface area contributed by atoms with Gasteiger partial charge in [-0.15, -0.1) is 11.3 Å². The molecule has 3 nitrogen and oxygen atoms in total. The quantitative estimate of drug-likeness (QED) is 0.278. The lowest BCUT2D eigenvalue weighted by molar-refractivity contribution is -0.577. The number of nitrogens with one attached hydrogen (secondary N) is 1. The Morgan fingerprint density at radius 2 is 1.74 bits per heavy atom. The van der Waals surface area contributed by atoms with Crippen molar-refractivity contribution in [2.75, 3.05) is 5.32 Å². The van der Waals surface area contributed by atoms with Gasteiger partial charge in [-0.1, -0.05) is 55.9 Å². The Morgan fingerprint density at radius 1 is 1.07 bits per heavy atom. The third kappa shape index (κ3) is 4.75. The van der Waals surface area contributed by atoms with Gasteiger partial charge in [0.25, 0.3) is 0 Å². The molecule has 3 aromatic rings. The highest BCUT2D eigenvalue weighted by Crippen LogP contribution is 2.27. The molecule has 0 amide bonds. The normalized spacial score (nSPS) is 12.0. The zero-order valence-electron chi connectivity index (χ0n) is 15.0. The van der Waals surface area contributed by atoms with E-state index in [0.29, 0.717) is 25.8 Å². The second-order valence-electron chi connectivity index (χ2n) is 6.30. The second kappa shape index (κ2) is 8.65. The fraction of sp³-hybridized carbons (Fsp3) is 0.143. The van der Waals surface area contributed by atoms with E-state index in [2.05, 4.69) is 31.3 Å². The highest BCUT2D eigenvalue weighted by Gasteiger charge is 2.19. The van der Waals surface area contributed by atoms with Crippen LogP contribution in [0.15, 0.2) is 67.0 Å². The van der Waals surface area contributed by atoms with Gasteiger partial charge in [0, 0.05) is 22.7 Å². The van der Waals surface area contributed by atoms with Gasteiger partial charge in [0.15, 0.2) is 17.4 Å². The summed E-state index contributed by atoms with van der Waals surface area (Å²) in [6.45, 7) is 4.30. The fourth-order valence-corrected chi connectivity index (χ4v) is 3.88. The molecule has 3 rings (SSSR count). The average Bonchev–Trinajstić information content (AvgIpc) is 3.09. The molecule has 0 saturated carbocycles. The van der Waals surface area contributed by atoms with Crippen LogP contribution in [0.4, 0.5) is 5.69 Å². The van der Waals surface area contributed by atoms with Crippen LogP contribution in [-0.2, 0) is 0 Å².